The van der Waals surface area contributed by atoms with Crippen LogP contribution in [0.15, 0.2) is 23.3 Å². The van der Waals surface area contributed by atoms with Gasteiger partial charge in [-0.1, -0.05) is 26.0 Å². The van der Waals surface area contributed by atoms with Crippen molar-refractivity contribution >= 4 is 0 Å². The first kappa shape index (κ1) is 22.4. The molecule has 6 N–H and O–H groups in total. The van der Waals surface area contributed by atoms with Crippen molar-refractivity contribution in [2.45, 2.75) is 83.1 Å². The van der Waals surface area contributed by atoms with Crippen LogP contribution in [0.5, 0.6) is 0 Å². The molecule has 0 saturated carbocycles. The van der Waals surface area contributed by atoms with Crippen molar-refractivity contribution < 1.29 is 40.1 Å². The lowest BCUT2D eigenvalue weighted by molar-refractivity contribution is -0.314. The number of aliphatic hydroxyl groups is 6. The Bertz CT molecular complexity index is 568. The highest BCUT2D eigenvalue weighted by atomic mass is 16.7. The molecule has 1 heterocycles. The second kappa shape index (κ2) is 8.67. The number of hydrogen-bond acceptors (Lipinski definition) is 8. The van der Waals surface area contributed by atoms with Crippen LogP contribution in [0.2, 0.25) is 0 Å². The molecule has 8 heteroatoms. The Labute approximate surface area is 159 Å². The van der Waals surface area contributed by atoms with Crippen LogP contribution in [0.25, 0.3) is 0 Å². The normalized spacial score (nSPS) is 41.2. The number of aliphatic hydroxyl groups excluding tert-OH is 6. The van der Waals surface area contributed by atoms with Gasteiger partial charge in [0.15, 0.2) is 6.29 Å². The first-order valence-electron chi connectivity index (χ1n) is 9.21. The molecular weight excluding hydrogens is 356 g/mol. The molecule has 27 heavy (non-hydrogen) atoms. The van der Waals surface area contributed by atoms with Crippen molar-refractivity contribution in [2.75, 3.05) is 6.61 Å². The third kappa shape index (κ3) is 4.78. The summed E-state index contributed by atoms with van der Waals surface area (Å²) in [6, 6.07) is 0. The van der Waals surface area contributed by atoms with Gasteiger partial charge >= 0.3 is 0 Å². The second-order valence-electron chi connectivity index (χ2n) is 8.11. The van der Waals surface area contributed by atoms with E-state index in [1.54, 1.807) is 26.0 Å². The summed E-state index contributed by atoms with van der Waals surface area (Å²) in [5, 5.41) is 59.4. The average Bonchev–Trinajstić information content (AvgIpc) is 2.57. The topological polar surface area (TPSA) is 140 Å². The van der Waals surface area contributed by atoms with E-state index in [1.807, 2.05) is 13.8 Å². The molecule has 1 aliphatic heterocycles. The number of allylic oxidation sites excluding steroid dienone is 2. The molecule has 0 bridgehead atoms. The molecule has 2 aliphatic rings. The van der Waals surface area contributed by atoms with E-state index >= 15 is 0 Å². The standard InChI is InChI=1S/C19H32O8/c1-9(21)5-6-11-10(2)17(12(22)7-19(11,3)4)27-18-16(25)15(24)14(23)13(8-20)26-18/h5-6,9,12-18,20-25H,7-8H2,1-4H3/b6-5+/t9?,12-,13+,14+,15-,16+,17+,18-/m0/s1. The van der Waals surface area contributed by atoms with Gasteiger partial charge < -0.3 is 40.1 Å². The molecular formula is C19H32O8. The summed E-state index contributed by atoms with van der Waals surface area (Å²) in [4.78, 5) is 0. The predicted octanol–water partition coefficient (Wildman–Crippen LogP) is -0.784. The van der Waals surface area contributed by atoms with Gasteiger partial charge in [-0.2, -0.15) is 0 Å². The minimum Gasteiger partial charge on any atom is -0.394 e. The molecule has 0 radical (unpaired) electrons. The molecule has 8 nitrogen and oxygen atoms in total. The van der Waals surface area contributed by atoms with E-state index in [0.717, 1.165) is 5.57 Å². The quantitative estimate of drug-likeness (QED) is 0.360. The highest BCUT2D eigenvalue weighted by Gasteiger charge is 2.47. The van der Waals surface area contributed by atoms with Gasteiger partial charge in [-0.3, -0.25) is 0 Å². The molecule has 1 saturated heterocycles. The van der Waals surface area contributed by atoms with E-state index in [-0.39, 0.29) is 5.41 Å². The molecule has 1 unspecified atom stereocenters. The van der Waals surface area contributed by atoms with Crippen LogP contribution in [0.4, 0.5) is 0 Å². The van der Waals surface area contributed by atoms with Crippen molar-refractivity contribution in [3.05, 3.63) is 23.3 Å². The molecule has 1 fully saturated rings. The molecule has 0 aromatic rings. The van der Waals surface area contributed by atoms with E-state index in [4.69, 9.17) is 9.47 Å². The smallest absolute Gasteiger partial charge is 0.187 e. The maximum Gasteiger partial charge on any atom is 0.187 e. The fraction of sp³-hybridized carbons (Fsp3) is 0.789. The summed E-state index contributed by atoms with van der Waals surface area (Å²) in [7, 11) is 0. The van der Waals surface area contributed by atoms with Crippen LogP contribution in [0, 0.1) is 5.41 Å². The number of ether oxygens (including phenoxy) is 2. The zero-order chi connectivity index (χ0) is 20.5. The summed E-state index contributed by atoms with van der Waals surface area (Å²) in [6.07, 6.45) is -5.44. The monoisotopic (exact) mass is 388 g/mol. The Balaban J connectivity index is 2.29. The van der Waals surface area contributed by atoms with E-state index < -0.39 is 55.6 Å². The predicted molar refractivity (Wildman–Crippen MR) is 96.6 cm³/mol. The number of rotatable bonds is 5. The zero-order valence-electron chi connectivity index (χ0n) is 16.2. The van der Waals surface area contributed by atoms with Crippen molar-refractivity contribution in [3.8, 4) is 0 Å². The molecule has 0 amide bonds. The van der Waals surface area contributed by atoms with Crippen LogP contribution < -0.4 is 0 Å². The van der Waals surface area contributed by atoms with Crippen molar-refractivity contribution in [1.29, 1.82) is 0 Å². The largest absolute Gasteiger partial charge is 0.394 e. The Morgan fingerprint density at radius 2 is 1.81 bits per heavy atom. The lowest BCUT2D eigenvalue weighted by Crippen LogP contribution is -2.60. The van der Waals surface area contributed by atoms with Gasteiger partial charge in [0.05, 0.1) is 18.8 Å². The van der Waals surface area contributed by atoms with Crippen LogP contribution >= 0.6 is 0 Å². The summed E-state index contributed by atoms with van der Waals surface area (Å²) in [5.41, 5.74) is 1.25. The molecule has 0 aromatic heterocycles. The number of hydrogen-bond donors (Lipinski definition) is 6. The fourth-order valence-electron chi connectivity index (χ4n) is 3.83. The fourth-order valence-corrected chi connectivity index (χ4v) is 3.83. The van der Waals surface area contributed by atoms with E-state index in [1.165, 1.54) is 0 Å². The molecule has 156 valence electrons. The van der Waals surface area contributed by atoms with Crippen LogP contribution in [0.1, 0.15) is 34.1 Å². The van der Waals surface area contributed by atoms with Gasteiger partial charge in [0.2, 0.25) is 0 Å². The highest BCUT2D eigenvalue weighted by Crippen LogP contribution is 2.43. The SMILES string of the molecule is CC1=C(/C=C/C(C)O)C(C)(C)C[C@H](O)[C@@H]1O[C@@H]1O[C@H](CO)[C@@H](O)[C@H](O)[C@H]1O. The molecule has 8 atom stereocenters. The van der Waals surface area contributed by atoms with Gasteiger partial charge in [0, 0.05) is 0 Å². The molecule has 0 aromatic carbocycles. The summed E-state index contributed by atoms with van der Waals surface area (Å²) >= 11 is 0. The van der Waals surface area contributed by atoms with Gasteiger partial charge in [-0.05, 0) is 36.8 Å². The molecule has 2 rings (SSSR count). The highest BCUT2D eigenvalue weighted by molar-refractivity contribution is 5.36. The van der Waals surface area contributed by atoms with E-state index in [0.29, 0.717) is 12.0 Å². The van der Waals surface area contributed by atoms with Crippen LogP contribution in [-0.2, 0) is 9.47 Å². The third-order valence-corrected chi connectivity index (χ3v) is 5.32. The Hall–Kier alpha value is -0.840. The maximum atomic E-state index is 10.6. The van der Waals surface area contributed by atoms with Gasteiger partial charge in [0.1, 0.15) is 30.5 Å². The van der Waals surface area contributed by atoms with E-state index in [9.17, 15) is 30.6 Å². The summed E-state index contributed by atoms with van der Waals surface area (Å²) < 4.78 is 11.2. The molecule has 0 spiro atoms. The first-order chi connectivity index (χ1) is 12.5. The van der Waals surface area contributed by atoms with Crippen molar-refractivity contribution in [2.24, 2.45) is 5.41 Å². The van der Waals surface area contributed by atoms with Crippen LogP contribution in [-0.4, -0.2) is 86.3 Å². The van der Waals surface area contributed by atoms with Crippen LogP contribution in [0.3, 0.4) is 0 Å². The minimum atomic E-state index is -1.54. The molecule has 1 aliphatic carbocycles. The Morgan fingerprint density at radius 1 is 1.19 bits per heavy atom. The van der Waals surface area contributed by atoms with Crippen molar-refractivity contribution in [3.63, 3.8) is 0 Å². The Morgan fingerprint density at radius 3 is 2.37 bits per heavy atom. The zero-order valence-corrected chi connectivity index (χ0v) is 16.2. The first-order valence-corrected chi connectivity index (χ1v) is 9.21. The second-order valence-corrected chi connectivity index (χ2v) is 8.11. The third-order valence-electron chi connectivity index (χ3n) is 5.32. The maximum absolute atomic E-state index is 10.6. The average molecular weight is 388 g/mol. The summed E-state index contributed by atoms with van der Waals surface area (Å²) in [6.45, 7) is 6.83. The van der Waals surface area contributed by atoms with Gasteiger partial charge in [0.25, 0.3) is 0 Å². The van der Waals surface area contributed by atoms with Gasteiger partial charge in [-0.15, -0.1) is 0 Å². The summed E-state index contributed by atoms with van der Waals surface area (Å²) in [5.74, 6) is 0. The van der Waals surface area contributed by atoms with Gasteiger partial charge in [-0.25, -0.2) is 0 Å². The minimum absolute atomic E-state index is 0.357. The Kier molecular flexibility index (Phi) is 7.21. The van der Waals surface area contributed by atoms with Crippen molar-refractivity contribution in [1.82, 2.24) is 0 Å². The van der Waals surface area contributed by atoms with E-state index in [2.05, 4.69) is 0 Å². The lowest BCUT2D eigenvalue weighted by Gasteiger charge is -2.45. The lowest BCUT2D eigenvalue weighted by atomic mass is 9.70.